The zero-order chi connectivity index (χ0) is 17.9. The maximum absolute atomic E-state index is 12.4. The van der Waals surface area contributed by atoms with Crippen LogP contribution in [0.4, 0.5) is 0 Å². The first kappa shape index (κ1) is 17.0. The maximum atomic E-state index is 12.4. The van der Waals surface area contributed by atoms with Crippen LogP contribution in [0.5, 0.6) is 0 Å². The minimum absolute atomic E-state index is 0.141. The van der Waals surface area contributed by atoms with Crippen LogP contribution >= 0.6 is 0 Å². The molecule has 2 N–H and O–H groups in total. The van der Waals surface area contributed by atoms with E-state index in [2.05, 4.69) is 44.3 Å². The molecule has 7 heteroatoms. The average Bonchev–Trinajstić information content (AvgIpc) is 3.11. The summed E-state index contributed by atoms with van der Waals surface area (Å²) in [7, 11) is 0. The Balaban J connectivity index is 1.26. The highest BCUT2D eigenvalue weighted by Crippen LogP contribution is 2.25. The first-order chi connectivity index (χ1) is 12.7. The van der Waals surface area contributed by atoms with Crippen LogP contribution in [0.3, 0.4) is 0 Å². The monoisotopic (exact) mass is 355 g/mol. The van der Waals surface area contributed by atoms with Gasteiger partial charge in [0.15, 0.2) is 0 Å². The van der Waals surface area contributed by atoms with Crippen molar-refractivity contribution in [2.75, 3.05) is 26.2 Å². The molecule has 0 spiro atoms. The lowest BCUT2D eigenvalue weighted by Crippen LogP contribution is -2.53. The fourth-order valence-electron chi connectivity index (χ4n) is 4.13. The molecule has 4 rings (SSSR count). The van der Waals surface area contributed by atoms with Gasteiger partial charge in [-0.3, -0.25) is 14.7 Å². The highest BCUT2D eigenvalue weighted by Gasteiger charge is 2.28. The van der Waals surface area contributed by atoms with Crippen LogP contribution in [0.15, 0.2) is 29.1 Å². The van der Waals surface area contributed by atoms with Crippen LogP contribution in [0.2, 0.25) is 0 Å². The number of aryl methyl sites for hydroxylation is 2. The molecule has 1 aliphatic heterocycles. The van der Waals surface area contributed by atoms with E-state index in [9.17, 15) is 9.59 Å². The van der Waals surface area contributed by atoms with Gasteiger partial charge in [-0.05, 0) is 30.4 Å². The average molecular weight is 355 g/mol. The van der Waals surface area contributed by atoms with E-state index in [4.69, 9.17) is 0 Å². The summed E-state index contributed by atoms with van der Waals surface area (Å²) in [6.45, 7) is 3.46. The topological polar surface area (TPSA) is 85.1 Å². The van der Waals surface area contributed by atoms with Crippen molar-refractivity contribution < 1.29 is 4.79 Å². The third kappa shape index (κ3) is 3.72. The molecule has 1 amide bonds. The van der Waals surface area contributed by atoms with Crippen LogP contribution in [0.25, 0.3) is 0 Å². The van der Waals surface area contributed by atoms with Gasteiger partial charge in [-0.2, -0.15) is 5.10 Å². The number of aromatic nitrogens is 3. The van der Waals surface area contributed by atoms with Gasteiger partial charge >= 0.3 is 5.69 Å². The standard InChI is InChI=1S/C19H25N5O2/c25-18(8-7-17-20-19(26)22-21-17)24-11-9-23(10-12-24)16-6-5-14-3-1-2-4-15(14)13-16/h1-4,16H,5-13H2,(H2,20,21,22,26). The lowest BCUT2D eigenvalue weighted by atomic mass is 9.87. The fourth-order valence-corrected chi connectivity index (χ4v) is 4.13. The zero-order valence-corrected chi connectivity index (χ0v) is 14.9. The summed E-state index contributed by atoms with van der Waals surface area (Å²) in [5, 5.41) is 6.18. The molecule has 0 bridgehead atoms. The van der Waals surface area contributed by atoms with Gasteiger partial charge < -0.3 is 4.90 Å². The molecule has 1 aliphatic carbocycles. The Bertz CT molecular complexity index is 819. The lowest BCUT2D eigenvalue weighted by Gasteiger charge is -2.41. The number of benzene rings is 1. The summed E-state index contributed by atoms with van der Waals surface area (Å²) in [6, 6.07) is 9.35. The molecule has 2 aliphatic rings. The molecule has 138 valence electrons. The third-order valence-corrected chi connectivity index (χ3v) is 5.63. The predicted molar refractivity (Wildman–Crippen MR) is 97.9 cm³/mol. The van der Waals surface area contributed by atoms with Crippen molar-refractivity contribution in [3.05, 3.63) is 51.7 Å². The number of aromatic amines is 2. The van der Waals surface area contributed by atoms with Gasteiger partial charge in [0.1, 0.15) is 5.82 Å². The Morgan fingerprint density at radius 1 is 1.15 bits per heavy atom. The summed E-state index contributed by atoms with van der Waals surface area (Å²) < 4.78 is 0. The summed E-state index contributed by atoms with van der Waals surface area (Å²) in [6.07, 6.45) is 4.34. The number of piperazine rings is 1. The maximum Gasteiger partial charge on any atom is 0.340 e. The molecule has 1 aromatic heterocycles. The molecular formula is C19H25N5O2. The van der Waals surface area contributed by atoms with Crippen molar-refractivity contribution in [2.24, 2.45) is 0 Å². The second-order valence-electron chi connectivity index (χ2n) is 7.21. The largest absolute Gasteiger partial charge is 0.340 e. The van der Waals surface area contributed by atoms with Crippen LogP contribution < -0.4 is 5.69 Å². The van der Waals surface area contributed by atoms with Gasteiger partial charge in [-0.15, -0.1) is 0 Å². The normalized spacial score (nSPS) is 20.8. The molecule has 1 aromatic carbocycles. The summed E-state index contributed by atoms with van der Waals surface area (Å²) in [5.41, 5.74) is 2.65. The van der Waals surface area contributed by atoms with Gasteiger partial charge in [0.25, 0.3) is 0 Å². The van der Waals surface area contributed by atoms with Crippen molar-refractivity contribution in [1.29, 1.82) is 0 Å². The first-order valence-electron chi connectivity index (χ1n) is 9.41. The van der Waals surface area contributed by atoms with E-state index in [1.54, 1.807) is 0 Å². The number of amides is 1. The smallest absolute Gasteiger partial charge is 0.340 e. The summed E-state index contributed by atoms with van der Waals surface area (Å²) >= 11 is 0. The summed E-state index contributed by atoms with van der Waals surface area (Å²) in [4.78, 5) is 30.5. The van der Waals surface area contributed by atoms with E-state index in [1.807, 2.05) is 4.90 Å². The predicted octanol–water partition coefficient (Wildman–Crippen LogP) is 0.732. The number of nitrogens with zero attached hydrogens (tertiary/aromatic N) is 3. The number of carbonyl (C=O) groups is 1. The van der Waals surface area contributed by atoms with Crippen molar-refractivity contribution in [3.63, 3.8) is 0 Å². The van der Waals surface area contributed by atoms with Gasteiger partial charge in [0.05, 0.1) is 0 Å². The van der Waals surface area contributed by atoms with Crippen molar-refractivity contribution in [1.82, 2.24) is 25.0 Å². The van der Waals surface area contributed by atoms with Crippen LogP contribution in [-0.2, 0) is 24.1 Å². The Hall–Kier alpha value is -2.41. The molecular weight excluding hydrogens is 330 g/mol. The Kier molecular flexibility index (Phi) is 4.88. The molecule has 1 saturated heterocycles. The second kappa shape index (κ2) is 7.45. The Morgan fingerprint density at radius 3 is 2.65 bits per heavy atom. The lowest BCUT2D eigenvalue weighted by molar-refractivity contribution is -0.133. The van der Waals surface area contributed by atoms with E-state index in [-0.39, 0.29) is 11.6 Å². The highest BCUT2D eigenvalue weighted by atomic mass is 16.2. The molecule has 1 fully saturated rings. The van der Waals surface area contributed by atoms with Crippen LogP contribution in [-0.4, -0.2) is 63.1 Å². The highest BCUT2D eigenvalue weighted by molar-refractivity contribution is 5.76. The van der Waals surface area contributed by atoms with E-state index >= 15 is 0 Å². The minimum Gasteiger partial charge on any atom is -0.340 e. The second-order valence-corrected chi connectivity index (χ2v) is 7.21. The Morgan fingerprint density at radius 2 is 1.92 bits per heavy atom. The number of rotatable bonds is 4. The molecule has 7 nitrogen and oxygen atoms in total. The number of H-pyrrole nitrogens is 2. The van der Waals surface area contributed by atoms with E-state index < -0.39 is 0 Å². The molecule has 2 heterocycles. The number of nitrogens with one attached hydrogen (secondary N) is 2. The SMILES string of the molecule is O=C(CCc1n[nH]c(=O)[nH]1)N1CCN(C2CCc3ccccc3C2)CC1. The first-order valence-corrected chi connectivity index (χ1v) is 9.41. The van der Waals surface area contributed by atoms with Crippen molar-refractivity contribution >= 4 is 5.91 Å². The quantitative estimate of drug-likeness (QED) is 0.847. The van der Waals surface area contributed by atoms with Gasteiger partial charge in [-0.25, -0.2) is 9.89 Å². The molecule has 26 heavy (non-hydrogen) atoms. The minimum atomic E-state index is -0.324. The summed E-state index contributed by atoms with van der Waals surface area (Å²) in [5.74, 6) is 0.686. The zero-order valence-electron chi connectivity index (χ0n) is 14.9. The van der Waals surface area contributed by atoms with Crippen molar-refractivity contribution in [3.8, 4) is 0 Å². The van der Waals surface area contributed by atoms with Gasteiger partial charge in [0.2, 0.25) is 5.91 Å². The molecule has 1 unspecified atom stereocenters. The number of hydrogen-bond acceptors (Lipinski definition) is 4. The van der Waals surface area contributed by atoms with Gasteiger partial charge in [-0.1, -0.05) is 24.3 Å². The van der Waals surface area contributed by atoms with E-state index in [0.717, 1.165) is 39.0 Å². The number of hydrogen-bond donors (Lipinski definition) is 2. The van der Waals surface area contributed by atoms with Crippen LogP contribution in [0, 0.1) is 0 Å². The van der Waals surface area contributed by atoms with E-state index in [0.29, 0.717) is 24.7 Å². The molecule has 0 radical (unpaired) electrons. The molecule has 1 atom stereocenters. The van der Waals surface area contributed by atoms with Gasteiger partial charge in [0, 0.05) is 45.1 Å². The fraction of sp³-hybridized carbons (Fsp3) is 0.526. The molecule has 2 aromatic rings. The van der Waals surface area contributed by atoms with E-state index in [1.165, 1.54) is 17.5 Å². The number of carbonyl (C=O) groups excluding carboxylic acids is 1. The van der Waals surface area contributed by atoms with Crippen LogP contribution in [0.1, 0.15) is 29.8 Å². The third-order valence-electron chi connectivity index (χ3n) is 5.63. The number of fused-ring (bicyclic) bond motifs is 1. The Labute approximate surface area is 152 Å². The molecule has 0 saturated carbocycles. The van der Waals surface area contributed by atoms with Crippen molar-refractivity contribution in [2.45, 2.75) is 38.1 Å².